The molecule has 0 bridgehead atoms. The van der Waals surface area contributed by atoms with Crippen LogP contribution in [0.3, 0.4) is 0 Å². The SMILES string of the molecule is Cl.Cl.NC(CC(=O)N1CCOC(c2nccs2)C1)c1ccccc1. The highest BCUT2D eigenvalue weighted by atomic mass is 35.5. The number of aromatic nitrogens is 1. The van der Waals surface area contributed by atoms with Gasteiger partial charge >= 0.3 is 0 Å². The van der Waals surface area contributed by atoms with Gasteiger partial charge in [0.1, 0.15) is 11.1 Å². The fraction of sp³-hybridized carbons (Fsp3) is 0.375. The second-order valence-electron chi connectivity index (χ2n) is 5.29. The van der Waals surface area contributed by atoms with Crippen LogP contribution in [0, 0.1) is 0 Å². The highest BCUT2D eigenvalue weighted by molar-refractivity contribution is 7.09. The van der Waals surface area contributed by atoms with Crippen molar-refractivity contribution in [1.82, 2.24) is 9.88 Å². The first-order valence-corrected chi connectivity index (χ1v) is 8.21. The van der Waals surface area contributed by atoms with Gasteiger partial charge in [-0.25, -0.2) is 4.98 Å². The van der Waals surface area contributed by atoms with Crippen molar-refractivity contribution in [3.63, 3.8) is 0 Å². The molecule has 0 saturated carbocycles. The third-order valence-corrected chi connectivity index (χ3v) is 4.64. The lowest BCUT2D eigenvalue weighted by molar-refractivity contribution is -0.139. The number of carbonyl (C=O) groups excluding carboxylic acids is 1. The van der Waals surface area contributed by atoms with Gasteiger partial charge in [0, 0.05) is 30.6 Å². The van der Waals surface area contributed by atoms with Crippen molar-refractivity contribution in [2.24, 2.45) is 5.73 Å². The summed E-state index contributed by atoms with van der Waals surface area (Å²) in [5.74, 6) is 0.0706. The van der Waals surface area contributed by atoms with E-state index in [0.717, 1.165) is 10.6 Å². The summed E-state index contributed by atoms with van der Waals surface area (Å²) in [5, 5.41) is 2.84. The van der Waals surface area contributed by atoms with Gasteiger partial charge in [0.2, 0.25) is 5.91 Å². The number of nitrogens with zero attached hydrogens (tertiary/aromatic N) is 2. The molecule has 1 saturated heterocycles. The van der Waals surface area contributed by atoms with Crippen LogP contribution in [0.25, 0.3) is 0 Å². The minimum atomic E-state index is -0.269. The van der Waals surface area contributed by atoms with E-state index in [1.165, 1.54) is 0 Å². The Labute approximate surface area is 158 Å². The molecule has 132 valence electrons. The molecule has 1 amide bonds. The number of halogens is 2. The van der Waals surface area contributed by atoms with Crippen LogP contribution in [-0.4, -0.2) is 35.5 Å². The van der Waals surface area contributed by atoms with Gasteiger partial charge in [-0.2, -0.15) is 0 Å². The van der Waals surface area contributed by atoms with E-state index in [1.807, 2.05) is 40.6 Å². The Morgan fingerprint density at radius 3 is 2.79 bits per heavy atom. The number of rotatable bonds is 4. The Hall–Kier alpha value is -1.18. The fourth-order valence-corrected chi connectivity index (χ4v) is 3.23. The molecule has 1 aliphatic heterocycles. The number of morpholine rings is 1. The monoisotopic (exact) mass is 389 g/mol. The highest BCUT2D eigenvalue weighted by Gasteiger charge is 2.27. The average Bonchev–Trinajstić information content (AvgIpc) is 3.10. The van der Waals surface area contributed by atoms with Gasteiger partial charge in [-0.1, -0.05) is 30.3 Å². The van der Waals surface area contributed by atoms with Gasteiger partial charge in [0.15, 0.2) is 0 Å². The van der Waals surface area contributed by atoms with Gasteiger partial charge in [0.05, 0.1) is 13.2 Å². The molecule has 0 spiro atoms. The van der Waals surface area contributed by atoms with E-state index in [4.69, 9.17) is 10.5 Å². The van der Waals surface area contributed by atoms with Crippen molar-refractivity contribution in [1.29, 1.82) is 0 Å². The summed E-state index contributed by atoms with van der Waals surface area (Å²) < 4.78 is 5.72. The summed E-state index contributed by atoms with van der Waals surface area (Å²) in [6.45, 7) is 1.70. The molecule has 2 heterocycles. The lowest BCUT2D eigenvalue weighted by Crippen LogP contribution is -2.43. The molecule has 2 atom stereocenters. The van der Waals surface area contributed by atoms with Crippen LogP contribution >= 0.6 is 36.2 Å². The van der Waals surface area contributed by atoms with Crippen molar-refractivity contribution in [3.8, 4) is 0 Å². The smallest absolute Gasteiger partial charge is 0.224 e. The van der Waals surface area contributed by atoms with E-state index in [-0.39, 0.29) is 42.9 Å². The summed E-state index contributed by atoms with van der Waals surface area (Å²) in [6.07, 6.45) is 1.95. The maximum Gasteiger partial charge on any atom is 0.224 e. The average molecular weight is 390 g/mol. The number of hydrogen-bond donors (Lipinski definition) is 1. The second kappa shape index (κ2) is 9.96. The van der Waals surface area contributed by atoms with Crippen LogP contribution in [0.1, 0.15) is 29.1 Å². The van der Waals surface area contributed by atoms with Crippen molar-refractivity contribution < 1.29 is 9.53 Å². The van der Waals surface area contributed by atoms with Crippen LogP contribution < -0.4 is 5.73 Å². The van der Waals surface area contributed by atoms with Gasteiger partial charge in [-0.15, -0.1) is 36.2 Å². The summed E-state index contributed by atoms with van der Waals surface area (Å²) in [7, 11) is 0. The Bertz CT molecular complexity index is 613. The number of thiazole rings is 1. The molecule has 1 aromatic heterocycles. The molecule has 1 aliphatic rings. The third kappa shape index (κ3) is 5.16. The molecule has 2 unspecified atom stereocenters. The van der Waals surface area contributed by atoms with E-state index < -0.39 is 0 Å². The molecular formula is C16H21Cl2N3O2S. The molecule has 1 fully saturated rings. The predicted molar refractivity (Wildman–Crippen MR) is 99.9 cm³/mol. The molecule has 3 rings (SSSR count). The number of amides is 1. The van der Waals surface area contributed by atoms with Crippen LogP contribution in [0.5, 0.6) is 0 Å². The molecule has 2 aromatic rings. The first-order valence-electron chi connectivity index (χ1n) is 7.33. The van der Waals surface area contributed by atoms with E-state index >= 15 is 0 Å². The third-order valence-electron chi connectivity index (χ3n) is 3.77. The number of benzene rings is 1. The van der Waals surface area contributed by atoms with Gasteiger partial charge < -0.3 is 15.4 Å². The van der Waals surface area contributed by atoms with Crippen LogP contribution in [0.15, 0.2) is 41.9 Å². The molecular weight excluding hydrogens is 369 g/mol. The van der Waals surface area contributed by atoms with Crippen molar-refractivity contribution in [3.05, 3.63) is 52.5 Å². The number of ether oxygens (including phenoxy) is 1. The highest BCUT2D eigenvalue weighted by Crippen LogP contribution is 2.25. The molecule has 8 heteroatoms. The van der Waals surface area contributed by atoms with E-state index in [1.54, 1.807) is 17.5 Å². The van der Waals surface area contributed by atoms with Crippen molar-refractivity contribution >= 4 is 42.1 Å². The zero-order valence-corrected chi connectivity index (χ0v) is 15.5. The molecule has 1 aromatic carbocycles. The predicted octanol–water partition coefficient (Wildman–Crippen LogP) is 2.98. The summed E-state index contributed by atoms with van der Waals surface area (Å²) in [5.41, 5.74) is 7.13. The lowest BCUT2D eigenvalue weighted by atomic mass is 10.0. The Balaban J connectivity index is 0.00000144. The van der Waals surface area contributed by atoms with Gasteiger partial charge in [-0.05, 0) is 5.56 Å². The van der Waals surface area contributed by atoms with E-state index in [2.05, 4.69) is 4.98 Å². The summed E-state index contributed by atoms with van der Waals surface area (Å²) in [6, 6.07) is 9.46. The van der Waals surface area contributed by atoms with E-state index in [0.29, 0.717) is 26.1 Å². The summed E-state index contributed by atoms with van der Waals surface area (Å²) in [4.78, 5) is 18.6. The Morgan fingerprint density at radius 1 is 1.38 bits per heavy atom. The first kappa shape index (κ1) is 20.9. The molecule has 5 nitrogen and oxygen atoms in total. The van der Waals surface area contributed by atoms with Crippen LogP contribution in [-0.2, 0) is 9.53 Å². The zero-order valence-electron chi connectivity index (χ0n) is 13.0. The Kier molecular flexibility index (Phi) is 8.66. The lowest BCUT2D eigenvalue weighted by Gasteiger charge is -2.32. The molecule has 2 N–H and O–H groups in total. The normalized spacial score (nSPS) is 18.2. The fourth-order valence-electron chi connectivity index (χ4n) is 2.55. The van der Waals surface area contributed by atoms with Crippen molar-refractivity contribution in [2.45, 2.75) is 18.6 Å². The van der Waals surface area contributed by atoms with Gasteiger partial charge in [0.25, 0.3) is 0 Å². The molecule has 24 heavy (non-hydrogen) atoms. The largest absolute Gasteiger partial charge is 0.367 e. The minimum absolute atomic E-state index is 0. The standard InChI is InChI=1S/C16H19N3O2S.2ClH/c17-13(12-4-2-1-3-5-12)10-15(20)19-7-8-21-14(11-19)16-18-6-9-22-16;;/h1-6,9,13-14H,7-8,10-11,17H2;2*1H. The molecule has 0 radical (unpaired) electrons. The maximum absolute atomic E-state index is 12.5. The van der Waals surface area contributed by atoms with E-state index in [9.17, 15) is 4.79 Å². The zero-order chi connectivity index (χ0) is 15.4. The van der Waals surface area contributed by atoms with Crippen LogP contribution in [0.4, 0.5) is 0 Å². The Morgan fingerprint density at radius 2 is 2.12 bits per heavy atom. The first-order chi connectivity index (χ1) is 10.7. The quantitative estimate of drug-likeness (QED) is 0.872. The van der Waals surface area contributed by atoms with Crippen LogP contribution in [0.2, 0.25) is 0 Å². The number of nitrogens with two attached hydrogens (primary N) is 1. The topological polar surface area (TPSA) is 68.5 Å². The summed E-state index contributed by atoms with van der Waals surface area (Å²) >= 11 is 1.56. The second-order valence-corrected chi connectivity index (χ2v) is 6.22. The number of hydrogen-bond acceptors (Lipinski definition) is 5. The minimum Gasteiger partial charge on any atom is -0.367 e. The van der Waals surface area contributed by atoms with Gasteiger partial charge in [-0.3, -0.25) is 4.79 Å². The van der Waals surface area contributed by atoms with Crippen molar-refractivity contribution in [2.75, 3.05) is 19.7 Å². The molecule has 0 aliphatic carbocycles. The number of carbonyl (C=O) groups is 1. The maximum atomic E-state index is 12.5.